The number of ether oxygens (including phenoxy) is 2. The molecular weight excluding hydrogens is 408 g/mol. The minimum Gasteiger partial charge on any atom is -0.494 e. The summed E-state index contributed by atoms with van der Waals surface area (Å²) in [5.74, 6) is 0.820. The van der Waals surface area contributed by atoms with Crippen LogP contribution >= 0.6 is 0 Å². The van der Waals surface area contributed by atoms with E-state index in [0.29, 0.717) is 25.4 Å². The van der Waals surface area contributed by atoms with Gasteiger partial charge in [0.25, 0.3) is 0 Å². The van der Waals surface area contributed by atoms with Crippen LogP contribution in [0.15, 0.2) is 48.5 Å². The highest BCUT2D eigenvalue weighted by Gasteiger charge is 2.16. The number of methoxy groups -OCH3 is 1. The van der Waals surface area contributed by atoms with Gasteiger partial charge in [0.2, 0.25) is 0 Å². The van der Waals surface area contributed by atoms with Crippen molar-refractivity contribution in [3.8, 4) is 11.5 Å². The van der Waals surface area contributed by atoms with Crippen molar-refractivity contribution < 1.29 is 26.9 Å². The summed E-state index contributed by atoms with van der Waals surface area (Å²) >= 11 is 0. The Labute approximate surface area is 177 Å². The van der Waals surface area contributed by atoms with Crippen LogP contribution in [0.5, 0.6) is 11.5 Å². The zero-order chi connectivity index (χ0) is 22.0. The van der Waals surface area contributed by atoms with E-state index in [-0.39, 0.29) is 24.1 Å². The number of urea groups is 1. The van der Waals surface area contributed by atoms with Gasteiger partial charge in [0.15, 0.2) is 0 Å². The first-order valence-corrected chi connectivity index (χ1v) is 11.2. The van der Waals surface area contributed by atoms with Crippen molar-refractivity contribution >= 4 is 21.8 Å². The molecule has 2 aromatic carbocycles. The molecule has 9 heteroatoms. The van der Waals surface area contributed by atoms with Crippen LogP contribution in [0, 0.1) is 0 Å². The molecule has 1 N–H and O–H groups in total. The van der Waals surface area contributed by atoms with E-state index in [2.05, 4.69) is 5.32 Å². The summed E-state index contributed by atoms with van der Waals surface area (Å²) in [6.45, 7) is 4.96. The monoisotopic (exact) mass is 436 g/mol. The summed E-state index contributed by atoms with van der Waals surface area (Å²) in [5, 5.41) is 2.85. The molecular formula is C21H28N2O6S. The van der Waals surface area contributed by atoms with Gasteiger partial charge in [0.05, 0.1) is 19.0 Å². The third kappa shape index (κ3) is 7.57. The van der Waals surface area contributed by atoms with E-state index < -0.39 is 10.1 Å². The van der Waals surface area contributed by atoms with Crippen LogP contribution in [-0.4, -0.2) is 52.0 Å². The second-order valence-corrected chi connectivity index (χ2v) is 8.24. The fourth-order valence-electron chi connectivity index (χ4n) is 2.58. The van der Waals surface area contributed by atoms with Gasteiger partial charge in [-0.3, -0.25) is 0 Å². The first-order chi connectivity index (χ1) is 14.4. The van der Waals surface area contributed by atoms with E-state index >= 15 is 0 Å². The van der Waals surface area contributed by atoms with Crippen molar-refractivity contribution in [2.24, 2.45) is 0 Å². The molecule has 0 unspecified atom stereocenters. The van der Waals surface area contributed by atoms with Crippen LogP contribution < -0.4 is 14.2 Å². The Kier molecular flexibility index (Phi) is 8.94. The van der Waals surface area contributed by atoms with Gasteiger partial charge >= 0.3 is 16.1 Å². The average molecular weight is 437 g/mol. The molecule has 0 saturated carbocycles. The molecule has 2 amide bonds. The summed E-state index contributed by atoms with van der Waals surface area (Å²) in [6, 6.07) is 13.5. The van der Waals surface area contributed by atoms with Gasteiger partial charge in [0.1, 0.15) is 11.5 Å². The number of benzene rings is 2. The molecule has 0 atom stereocenters. The Bertz CT molecular complexity index is 915. The van der Waals surface area contributed by atoms with Crippen LogP contribution in [0.25, 0.3) is 0 Å². The first kappa shape index (κ1) is 23.5. The number of hydrogen-bond donors (Lipinski definition) is 1. The minimum atomic E-state index is -3.62. The van der Waals surface area contributed by atoms with E-state index in [1.807, 2.05) is 6.92 Å². The zero-order valence-corrected chi connectivity index (χ0v) is 18.3. The molecule has 0 saturated heterocycles. The molecule has 0 aromatic heterocycles. The molecule has 0 aliphatic heterocycles. The molecule has 0 bridgehead atoms. The van der Waals surface area contributed by atoms with E-state index in [9.17, 15) is 13.2 Å². The molecule has 0 aliphatic carbocycles. The summed E-state index contributed by atoms with van der Waals surface area (Å²) < 4.78 is 39.0. The number of rotatable bonds is 11. The number of carbonyl (C=O) groups is 1. The standard InChI is InChI=1S/C21H28N2O6S/c1-4-28-19-11-9-18(10-12-19)22-21(24)23(13-14-27-3)16-17-7-6-8-20(15-17)29-30(25,26)5-2/h6-12,15H,4-5,13-14,16H2,1-3H3,(H,22,24). The van der Waals surface area contributed by atoms with E-state index in [4.69, 9.17) is 13.7 Å². The molecule has 0 aliphatic rings. The topological polar surface area (TPSA) is 94.2 Å². The highest BCUT2D eigenvalue weighted by atomic mass is 32.2. The molecule has 0 spiro atoms. The lowest BCUT2D eigenvalue weighted by molar-refractivity contribution is 0.153. The number of amides is 2. The zero-order valence-electron chi connectivity index (χ0n) is 17.5. The van der Waals surface area contributed by atoms with E-state index in [1.54, 1.807) is 60.5 Å². The fraction of sp³-hybridized carbons (Fsp3) is 0.381. The Morgan fingerprint density at radius 1 is 1.07 bits per heavy atom. The van der Waals surface area contributed by atoms with Crippen molar-refractivity contribution in [1.29, 1.82) is 0 Å². The van der Waals surface area contributed by atoms with Crippen molar-refractivity contribution in [1.82, 2.24) is 4.90 Å². The smallest absolute Gasteiger partial charge is 0.322 e. The van der Waals surface area contributed by atoms with Crippen LogP contribution in [0.1, 0.15) is 19.4 Å². The molecule has 0 radical (unpaired) electrons. The summed E-state index contributed by atoms with van der Waals surface area (Å²) in [6.07, 6.45) is 0. The van der Waals surface area contributed by atoms with Gasteiger partial charge in [-0.1, -0.05) is 12.1 Å². The quantitative estimate of drug-likeness (QED) is 0.542. The lowest BCUT2D eigenvalue weighted by Gasteiger charge is -2.23. The Morgan fingerprint density at radius 2 is 1.80 bits per heavy atom. The SMILES string of the molecule is CCOc1ccc(NC(=O)N(CCOC)Cc2cccc(OS(=O)(=O)CC)c2)cc1. The fourth-order valence-corrected chi connectivity index (χ4v) is 3.09. The lowest BCUT2D eigenvalue weighted by Crippen LogP contribution is -2.36. The lowest BCUT2D eigenvalue weighted by atomic mass is 10.2. The Balaban J connectivity index is 2.10. The van der Waals surface area contributed by atoms with Crippen molar-refractivity contribution in [2.75, 3.05) is 37.9 Å². The number of nitrogens with zero attached hydrogens (tertiary/aromatic N) is 1. The summed E-state index contributed by atoms with van der Waals surface area (Å²) in [4.78, 5) is 14.4. The summed E-state index contributed by atoms with van der Waals surface area (Å²) in [7, 11) is -2.06. The van der Waals surface area contributed by atoms with Gasteiger partial charge in [-0.05, 0) is 55.8 Å². The average Bonchev–Trinajstić information content (AvgIpc) is 2.72. The molecule has 30 heavy (non-hydrogen) atoms. The molecule has 0 fully saturated rings. The van der Waals surface area contributed by atoms with Gasteiger partial charge < -0.3 is 23.9 Å². The van der Waals surface area contributed by atoms with Crippen LogP contribution in [0.3, 0.4) is 0 Å². The van der Waals surface area contributed by atoms with E-state index in [0.717, 1.165) is 11.3 Å². The van der Waals surface area contributed by atoms with Crippen molar-refractivity contribution in [3.63, 3.8) is 0 Å². The first-order valence-electron chi connectivity index (χ1n) is 9.65. The van der Waals surface area contributed by atoms with Gasteiger partial charge in [-0.2, -0.15) is 8.42 Å². The molecule has 164 valence electrons. The third-order valence-electron chi connectivity index (χ3n) is 4.12. The van der Waals surface area contributed by atoms with Crippen LogP contribution in [-0.2, 0) is 21.4 Å². The third-order valence-corrected chi connectivity index (χ3v) is 5.27. The second-order valence-electron chi connectivity index (χ2n) is 6.38. The maximum absolute atomic E-state index is 12.8. The summed E-state index contributed by atoms with van der Waals surface area (Å²) in [5.41, 5.74) is 1.37. The maximum Gasteiger partial charge on any atom is 0.322 e. The molecule has 2 rings (SSSR count). The second kappa shape index (κ2) is 11.4. The molecule has 8 nitrogen and oxygen atoms in total. The number of hydrogen-bond acceptors (Lipinski definition) is 6. The maximum atomic E-state index is 12.8. The Hall–Kier alpha value is -2.78. The normalized spacial score (nSPS) is 11.0. The van der Waals surface area contributed by atoms with Crippen LogP contribution in [0.2, 0.25) is 0 Å². The largest absolute Gasteiger partial charge is 0.494 e. The van der Waals surface area contributed by atoms with Crippen LogP contribution in [0.4, 0.5) is 10.5 Å². The number of anilines is 1. The predicted octanol–water partition coefficient (Wildman–Crippen LogP) is 3.49. The Morgan fingerprint density at radius 3 is 2.43 bits per heavy atom. The number of carbonyl (C=O) groups excluding carboxylic acids is 1. The van der Waals surface area contributed by atoms with Gasteiger partial charge in [-0.15, -0.1) is 0 Å². The van der Waals surface area contributed by atoms with E-state index in [1.165, 1.54) is 6.92 Å². The number of nitrogens with one attached hydrogen (secondary N) is 1. The molecule has 2 aromatic rings. The van der Waals surface area contributed by atoms with Gasteiger partial charge in [0, 0.05) is 25.9 Å². The van der Waals surface area contributed by atoms with Crippen molar-refractivity contribution in [3.05, 3.63) is 54.1 Å². The molecule has 0 heterocycles. The minimum absolute atomic E-state index is 0.123. The van der Waals surface area contributed by atoms with Gasteiger partial charge in [-0.25, -0.2) is 4.79 Å². The highest BCUT2D eigenvalue weighted by molar-refractivity contribution is 7.87. The van der Waals surface area contributed by atoms with Crippen molar-refractivity contribution in [2.45, 2.75) is 20.4 Å². The highest BCUT2D eigenvalue weighted by Crippen LogP contribution is 2.19. The predicted molar refractivity (Wildman–Crippen MR) is 115 cm³/mol.